The van der Waals surface area contributed by atoms with Crippen LogP contribution in [0.1, 0.15) is 17.3 Å². The van der Waals surface area contributed by atoms with Crippen LogP contribution < -0.4 is 14.8 Å². The highest BCUT2D eigenvalue weighted by atomic mass is 16.5. The number of hydrogen-bond donors (Lipinski definition) is 2. The molecule has 0 heterocycles. The van der Waals surface area contributed by atoms with Crippen molar-refractivity contribution in [1.29, 1.82) is 0 Å². The molecular formula is C12H17NO4. The van der Waals surface area contributed by atoms with E-state index in [2.05, 4.69) is 5.32 Å². The number of methoxy groups -OCH3 is 1. The summed E-state index contributed by atoms with van der Waals surface area (Å²) < 4.78 is 10.5. The highest BCUT2D eigenvalue weighted by Crippen LogP contribution is 2.27. The molecule has 0 radical (unpaired) electrons. The molecule has 1 aromatic carbocycles. The number of amides is 1. The van der Waals surface area contributed by atoms with Crippen molar-refractivity contribution >= 4 is 5.91 Å². The molecule has 0 saturated heterocycles. The minimum Gasteiger partial charge on any atom is -0.493 e. The second-order valence-corrected chi connectivity index (χ2v) is 3.28. The van der Waals surface area contributed by atoms with Gasteiger partial charge in [0.25, 0.3) is 5.91 Å². The maximum Gasteiger partial charge on any atom is 0.251 e. The molecule has 94 valence electrons. The van der Waals surface area contributed by atoms with Gasteiger partial charge in [0.05, 0.1) is 20.3 Å². The number of nitrogens with one attached hydrogen (secondary N) is 1. The average Bonchev–Trinajstić information content (AvgIpc) is 2.36. The van der Waals surface area contributed by atoms with E-state index in [-0.39, 0.29) is 19.1 Å². The first kappa shape index (κ1) is 13.3. The summed E-state index contributed by atoms with van der Waals surface area (Å²) in [5.41, 5.74) is 0.475. The zero-order valence-corrected chi connectivity index (χ0v) is 10.0. The summed E-state index contributed by atoms with van der Waals surface area (Å²) in [5, 5.41) is 11.2. The summed E-state index contributed by atoms with van der Waals surface area (Å²) in [6.07, 6.45) is 0. The molecule has 0 bridgehead atoms. The monoisotopic (exact) mass is 239 g/mol. The Balaban J connectivity index is 2.87. The van der Waals surface area contributed by atoms with Crippen LogP contribution in [0.2, 0.25) is 0 Å². The SMILES string of the molecule is CCOc1cc(C(=O)NCCO)ccc1OC. The molecule has 5 nitrogen and oxygen atoms in total. The fourth-order valence-corrected chi connectivity index (χ4v) is 1.36. The van der Waals surface area contributed by atoms with Gasteiger partial charge in [-0.2, -0.15) is 0 Å². The highest BCUT2D eigenvalue weighted by molar-refractivity contribution is 5.94. The minimum atomic E-state index is -0.248. The summed E-state index contributed by atoms with van der Waals surface area (Å²) in [6.45, 7) is 2.51. The van der Waals surface area contributed by atoms with Crippen LogP contribution in [0.5, 0.6) is 11.5 Å². The lowest BCUT2D eigenvalue weighted by Crippen LogP contribution is -2.26. The van der Waals surface area contributed by atoms with Crippen LogP contribution in [0.4, 0.5) is 0 Å². The third-order valence-corrected chi connectivity index (χ3v) is 2.12. The van der Waals surface area contributed by atoms with E-state index in [4.69, 9.17) is 14.6 Å². The minimum absolute atomic E-state index is 0.0831. The Labute approximate surface area is 100 Å². The van der Waals surface area contributed by atoms with Crippen LogP contribution in [0.15, 0.2) is 18.2 Å². The fourth-order valence-electron chi connectivity index (χ4n) is 1.36. The van der Waals surface area contributed by atoms with Crippen molar-refractivity contribution in [1.82, 2.24) is 5.32 Å². The molecule has 1 amide bonds. The van der Waals surface area contributed by atoms with E-state index in [1.807, 2.05) is 6.92 Å². The van der Waals surface area contributed by atoms with E-state index in [1.54, 1.807) is 25.3 Å². The van der Waals surface area contributed by atoms with E-state index < -0.39 is 0 Å². The Morgan fingerprint density at radius 1 is 1.41 bits per heavy atom. The van der Waals surface area contributed by atoms with Crippen LogP contribution in [-0.2, 0) is 0 Å². The van der Waals surface area contributed by atoms with Crippen molar-refractivity contribution in [2.75, 3.05) is 26.9 Å². The number of aliphatic hydroxyl groups is 1. The number of carbonyl (C=O) groups excluding carboxylic acids is 1. The first-order chi connectivity index (χ1) is 8.22. The second kappa shape index (κ2) is 6.75. The first-order valence-corrected chi connectivity index (χ1v) is 5.42. The van der Waals surface area contributed by atoms with Crippen molar-refractivity contribution in [2.24, 2.45) is 0 Å². The standard InChI is InChI=1S/C12H17NO4/c1-3-17-11-8-9(4-5-10(11)16-2)12(15)13-6-7-14/h4-5,8,14H,3,6-7H2,1-2H3,(H,13,15). The number of ether oxygens (including phenoxy) is 2. The Bertz CT molecular complexity index is 379. The lowest BCUT2D eigenvalue weighted by Gasteiger charge is -2.11. The van der Waals surface area contributed by atoms with E-state index in [0.29, 0.717) is 23.7 Å². The Morgan fingerprint density at radius 2 is 2.18 bits per heavy atom. The molecule has 0 aromatic heterocycles. The molecule has 0 saturated carbocycles. The van der Waals surface area contributed by atoms with E-state index >= 15 is 0 Å². The molecule has 5 heteroatoms. The van der Waals surface area contributed by atoms with Gasteiger partial charge < -0.3 is 19.9 Å². The molecule has 2 N–H and O–H groups in total. The Hall–Kier alpha value is -1.75. The van der Waals surface area contributed by atoms with E-state index in [0.717, 1.165) is 0 Å². The molecular weight excluding hydrogens is 222 g/mol. The zero-order chi connectivity index (χ0) is 12.7. The van der Waals surface area contributed by atoms with Crippen LogP contribution in [0.25, 0.3) is 0 Å². The highest BCUT2D eigenvalue weighted by Gasteiger charge is 2.10. The van der Waals surface area contributed by atoms with Crippen molar-refractivity contribution in [3.8, 4) is 11.5 Å². The zero-order valence-electron chi connectivity index (χ0n) is 10.0. The Kier molecular flexibility index (Phi) is 5.29. The lowest BCUT2D eigenvalue weighted by molar-refractivity contribution is 0.0944. The van der Waals surface area contributed by atoms with Gasteiger partial charge in [-0.3, -0.25) is 4.79 Å². The largest absolute Gasteiger partial charge is 0.493 e. The predicted octanol–water partition coefficient (Wildman–Crippen LogP) is 0.816. The molecule has 0 atom stereocenters. The van der Waals surface area contributed by atoms with Gasteiger partial charge in [0.2, 0.25) is 0 Å². The van der Waals surface area contributed by atoms with Gasteiger partial charge >= 0.3 is 0 Å². The predicted molar refractivity (Wildman–Crippen MR) is 63.6 cm³/mol. The number of rotatable bonds is 6. The van der Waals surface area contributed by atoms with Crippen LogP contribution in [-0.4, -0.2) is 37.9 Å². The third kappa shape index (κ3) is 3.64. The third-order valence-electron chi connectivity index (χ3n) is 2.12. The van der Waals surface area contributed by atoms with Gasteiger partial charge in [0.15, 0.2) is 11.5 Å². The summed E-state index contributed by atoms with van der Waals surface area (Å²) in [7, 11) is 1.54. The Morgan fingerprint density at radius 3 is 2.76 bits per heavy atom. The normalized spacial score (nSPS) is 9.82. The number of benzene rings is 1. The molecule has 0 aliphatic heterocycles. The fraction of sp³-hybridized carbons (Fsp3) is 0.417. The molecule has 1 aromatic rings. The molecule has 0 spiro atoms. The summed E-state index contributed by atoms with van der Waals surface area (Å²) in [4.78, 5) is 11.6. The summed E-state index contributed by atoms with van der Waals surface area (Å²) >= 11 is 0. The molecule has 0 aliphatic rings. The molecule has 0 fully saturated rings. The van der Waals surface area contributed by atoms with Gasteiger partial charge in [0.1, 0.15) is 0 Å². The van der Waals surface area contributed by atoms with E-state index in [1.165, 1.54) is 0 Å². The van der Waals surface area contributed by atoms with Gasteiger partial charge in [-0.1, -0.05) is 0 Å². The van der Waals surface area contributed by atoms with Crippen LogP contribution in [0.3, 0.4) is 0 Å². The van der Waals surface area contributed by atoms with Crippen molar-refractivity contribution in [3.63, 3.8) is 0 Å². The van der Waals surface area contributed by atoms with Gasteiger partial charge in [-0.05, 0) is 25.1 Å². The first-order valence-electron chi connectivity index (χ1n) is 5.42. The van der Waals surface area contributed by atoms with Crippen molar-refractivity contribution < 1.29 is 19.4 Å². The summed E-state index contributed by atoms with van der Waals surface area (Å²) in [5.74, 6) is 0.875. The van der Waals surface area contributed by atoms with Crippen LogP contribution in [0, 0.1) is 0 Å². The van der Waals surface area contributed by atoms with Crippen molar-refractivity contribution in [2.45, 2.75) is 6.92 Å². The topological polar surface area (TPSA) is 67.8 Å². The molecule has 1 rings (SSSR count). The molecule has 17 heavy (non-hydrogen) atoms. The second-order valence-electron chi connectivity index (χ2n) is 3.28. The van der Waals surface area contributed by atoms with Gasteiger partial charge in [-0.25, -0.2) is 0 Å². The number of carbonyl (C=O) groups is 1. The molecule has 0 unspecified atom stereocenters. The van der Waals surface area contributed by atoms with Gasteiger partial charge in [-0.15, -0.1) is 0 Å². The average molecular weight is 239 g/mol. The van der Waals surface area contributed by atoms with Crippen LogP contribution >= 0.6 is 0 Å². The quantitative estimate of drug-likeness (QED) is 0.771. The lowest BCUT2D eigenvalue weighted by atomic mass is 10.2. The molecule has 0 aliphatic carbocycles. The van der Waals surface area contributed by atoms with Crippen molar-refractivity contribution in [3.05, 3.63) is 23.8 Å². The number of hydrogen-bond acceptors (Lipinski definition) is 4. The van der Waals surface area contributed by atoms with E-state index in [9.17, 15) is 4.79 Å². The van der Waals surface area contributed by atoms with Gasteiger partial charge in [0, 0.05) is 12.1 Å². The maximum atomic E-state index is 11.6. The summed E-state index contributed by atoms with van der Waals surface area (Å²) in [6, 6.07) is 4.95. The maximum absolute atomic E-state index is 11.6. The number of aliphatic hydroxyl groups excluding tert-OH is 1. The smallest absolute Gasteiger partial charge is 0.251 e.